The fourth-order valence-corrected chi connectivity index (χ4v) is 2.27. The van der Waals surface area contributed by atoms with E-state index in [0.29, 0.717) is 23.6 Å². The molecule has 5 heteroatoms. The van der Waals surface area contributed by atoms with E-state index in [9.17, 15) is 4.79 Å². The van der Waals surface area contributed by atoms with E-state index < -0.39 is 0 Å². The number of aryl methyl sites for hydroxylation is 3. The first-order valence-electron chi connectivity index (χ1n) is 7.84. The van der Waals surface area contributed by atoms with Gasteiger partial charge in [-0.3, -0.25) is 4.79 Å². The Hall–Kier alpha value is -1.44. The zero-order valence-electron chi connectivity index (χ0n) is 16.1. The third-order valence-electron chi connectivity index (χ3n) is 3.29. The molecule has 0 saturated carbocycles. The first-order valence-corrected chi connectivity index (χ1v) is 7.84. The van der Waals surface area contributed by atoms with Gasteiger partial charge in [0.05, 0.1) is 5.56 Å². The summed E-state index contributed by atoms with van der Waals surface area (Å²) in [4.78, 5) is 12.7. The van der Waals surface area contributed by atoms with E-state index in [-0.39, 0.29) is 52.3 Å². The van der Waals surface area contributed by atoms with Crippen molar-refractivity contribution in [1.29, 1.82) is 0 Å². The second-order valence-electron chi connectivity index (χ2n) is 4.72. The molecular formula is C20H27N2O2Y-. The molecule has 0 fully saturated rings. The number of nitrogens with zero attached hydrogens (tertiary/aromatic N) is 2. The van der Waals surface area contributed by atoms with Crippen molar-refractivity contribution in [3.63, 3.8) is 0 Å². The Morgan fingerprint density at radius 1 is 1.24 bits per heavy atom. The fourth-order valence-electron chi connectivity index (χ4n) is 2.27. The van der Waals surface area contributed by atoms with Crippen LogP contribution in [0.3, 0.4) is 0 Å². The average molecular weight is 416 g/mol. The molecule has 2 aromatic rings. The molecule has 0 aliphatic heterocycles. The van der Waals surface area contributed by atoms with Crippen LogP contribution in [0.2, 0.25) is 0 Å². The maximum Gasteiger partial charge on any atom is 0.278 e. The second-order valence-corrected chi connectivity index (χ2v) is 4.72. The van der Waals surface area contributed by atoms with Crippen LogP contribution in [0.5, 0.6) is 5.75 Å². The molecule has 133 valence electrons. The molecule has 0 unspecified atom stereocenters. The van der Waals surface area contributed by atoms with Gasteiger partial charge in [-0.15, -0.1) is 6.42 Å². The predicted octanol–water partition coefficient (Wildman–Crippen LogP) is 4.03. The van der Waals surface area contributed by atoms with Gasteiger partial charge in [-0.25, -0.2) is 4.68 Å². The monoisotopic (exact) mass is 416 g/mol. The number of hydrogen-bond acceptors (Lipinski definition) is 3. The molecule has 0 amide bonds. The molecule has 1 aromatic heterocycles. The van der Waals surface area contributed by atoms with E-state index in [4.69, 9.17) is 11.2 Å². The van der Waals surface area contributed by atoms with E-state index in [0.717, 1.165) is 11.1 Å². The van der Waals surface area contributed by atoms with E-state index >= 15 is 0 Å². The molecule has 0 bridgehead atoms. The topological polar surface area (TPSA) is 44.1 Å². The standard InChI is InChI=1S/C17H18N2O2.C2H6.CH3.Y/c1-5-11-21-16-13(4)18-19(6-2)17(20)15(16)14-10-8-7-9-12(14)3;1-2;;/h1,7-10H,6,11H2,2-4H3;1-2H3;1H3;/q;;-1;. The minimum absolute atomic E-state index is 0. The zero-order valence-corrected chi connectivity index (χ0v) is 18.9. The van der Waals surface area contributed by atoms with Crippen LogP contribution in [-0.4, -0.2) is 16.4 Å². The van der Waals surface area contributed by atoms with Gasteiger partial charge in [0, 0.05) is 39.3 Å². The van der Waals surface area contributed by atoms with Gasteiger partial charge in [0.1, 0.15) is 12.3 Å². The van der Waals surface area contributed by atoms with Gasteiger partial charge in [-0.2, -0.15) is 5.10 Å². The molecule has 4 nitrogen and oxygen atoms in total. The minimum atomic E-state index is -0.163. The Morgan fingerprint density at radius 2 is 1.84 bits per heavy atom. The summed E-state index contributed by atoms with van der Waals surface area (Å²) in [7, 11) is 0. The Labute approximate surface area is 176 Å². The Balaban J connectivity index is 0. The van der Waals surface area contributed by atoms with Gasteiger partial charge >= 0.3 is 0 Å². The molecule has 0 spiro atoms. The van der Waals surface area contributed by atoms with Crippen LogP contribution in [0, 0.1) is 33.6 Å². The molecule has 0 N–H and O–H groups in total. The Bertz CT molecular complexity index is 761. The fraction of sp³-hybridized carbons (Fsp3) is 0.350. The number of hydrogen-bond donors (Lipinski definition) is 0. The molecule has 0 aliphatic rings. The van der Waals surface area contributed by atoms with Crippen molar-refractivity contribution < 1.29 is 37.4 Å². The molecule has 1 heterocycles. The molecule has 2 rings (SSSR count). The molecule has 1 radical (unpaired) electrons. The molecule has 0 saturated heterocycles. The first-order chi connectivity index (χ1) is 11.1. The summed E-state index contributed by atoms with van der Waals surface area (Å²) < 4.78 is 7.04. The predicted molar refractivity (Wildman–Crippen MR) is 101 cm³/mol. The van der Waals surface area contributed by atoms with Crippen LogP contribution in [0.4, 0.5) is 0 Å². The van der Waals surface area contributed by atoms with Crippen molar-refractivity contribution in [2.24, 2.45) is 0 Å². The summed E-state index contributed by atoms with van der Waals surface area (Å²) in [6, 6.07) is 7.71. The summed E-state index contributed by atoms with van der Waals surface area (Å²) in [6.07, 6.45) is 5.26. The van der Waals surface area contributed by atoms with Crippen LogP contribution < -0.4 is 10.3 Å². The zero-order chi connectivity index (χ0) is 17.4. The average Bonchev–Trinajstić information content (AvgIpc) is 2.58. The van der Waals surface area contributed by atoms with Crippen molar-refractivity contribution in [2.75, 3.05) is 6.61 Å². The number of aromatic nitrogens is 2. The van der Waals surface area contributed by atoms with Gasteiger partial charge in [0.25, 0.3) is 5.56 Å². The summed E-state index contributed by atoms with van der Waals surface area (Å²) in [5, 5.41) is 4.27. The second kappa shape index (κ2) is 12.9. The van der Waals surface area contributed by atoms with E-state index in [1.54, 1.807) is 0 Å². The largest absolute Gasteiger partial charge is 0.478 e. The normalized spacial score (nSPS) is 8.80. The maximum absolute atomic E-state index is 12.7. The smallest absolute Gasteiger partial charge is 0.278 e. The van der Waals surface area contributed by atoms with E-state index in [1.165, 1.54) is 4.68 Å². The Morgan fingerprint density at radius 3 is 2.36 bits per heavy atom. The van der Waals surface area contributed by atoms with Gasteiger partial charge in [-0.1, -0.05) is 44.0 Å². The van der Waals surface area contributed by atoms with Crippen molar-refractivity contribution in [3.05, 3.63) is 53.3 Å². The number of terminal acetylenes is 1. The first kappa shape index (κ1) is 25.8. The number of ether oxygens (including phenoxy) is 1. The SMILES string of the molecule is C#CCOc1c(C)nn(CC)c(=O)c1-c1ccccc1C.CC.[CH3-].[Y]. The summed E-state index contributed by atoms with van der Waals surface area (Å²) in [6.45, 7) is 10.3. The minimum Gasteiger partial charge on any atom is -0.478 e. The van der Waals surface area contributed by atoms with Gasteiger partial charge in [-0.05, 0) is 31.9 Å². The van der Waals surface area contributed by atoms with Crippen molar-refractivity contribution in [1.82, 2.24) is 9.78 Å². The third kappa shape index (κ3) is 6.10. The summed E-state index contributed by atoms with van der Waals surface area (Å²) in [5.74, 6) is 2.90. The van der Waals surface area contributed by atoms with Crippen molar-refractivity contribution in [2.45, 2.75) is 41.2 Å². The van der Waals surface area contributed by atoms with Gasteiger partial charge in [0.15, 0.2) is 5.75 Å². The maximum atomic E-state index is 12.7. The number of benzene rings is 1. The molecule has 25 heavy (non-hydrogen) atoms. The molecule has 1 aromatic carbocycles. The van der Waals surface area contributed by atoms with Crippen LogP contribution in [0.15, 0.2) is 29.1 Å². The van der Waals surface area contributed by atoms with Crippen molar-refractivity contribution >= 4 is 0 Å². The van der Waals surface area contributed by atoms with Gasteiger partial charge in [0.2, 0.25) is 0 Å². The third-order valence-corrected chi connectivity index (χ3v) is 3.29. The van der Waals surface area contributed by atoms with Crippen molar-refractivity contribution in [3.8, 4) is 29.2 Å². The summed E-state index contributed by atoms with van der Waals surface area (Å²) in [5.41, 5.74) is 2.88. The van der Waals surface area contributed by atoms with Crippen LogP contribution in [-0.2, 0) is 39.3 Å². The molecule has 0 atom stereocenters. The summed E-state index contributed by atoms with van der Waals surface area (Å²) >= 11 is 0. The molecule has 0 aliphatic carbocycles. The van der Waals surface area contributed by atoms with E-state index in [2.05, 4.69) is 11.0 Å². The van der Waals surface area contributed by atoms with Crippen LogP contribution in [0.1, 0.15) is 32.0 Å². The Kier molecular flexibility index (Phi) is 13.3. The quantitative estimate of drug-likeness (QED) is 0.559. The van der Waals surface area contributed by atoms with Gasteiger partial charge < -0.3 is 12.2 Å². The van der Waals surface area contributed by atoms with Crippen LogP contribution in [0.25, 0.3) is 11.1 Å². The number of rotatable bonds is 4. The van der Waals surface area contributed by atoms with E-state index in [1.807, 2.05) is 58.9 Å². The van der Waals surface area contributed by atoms with Crippen LogP contribution >= 0.6 is 0 Å². The molecular weight excluding hydrogens is 389 g/mol.